The van der Waals surface area contributed by atoms with E-state index in [1.54, 1.807) is 4.57 Å². The monoisotopic (exact) mass is 469 g/mol. The van der Waals surface area contributed by atoms with E-state index in [4.69, 9.17) is 24.4 Å². The number of hydrogen-bond acceptors (Lipinski definition) is 6. The highest BCUT2D eigenvalue weighted by Gasteiger charge is 2.23. The number of hydrogen-bond donors (Lipinski definition) is 0. The number of nitrogens with zero attached hydrogens (tertiary/aromatic N) is 5. The molecule has 6 rings (SSSR count). The van der Waals surface area contributed by atoms with Gasteiger partial charge in [0.15, 0.2) is 22.8 Å². The van der Waals surface area contributed by atoms with Crippen LogP contribution in [-0.2, 0) is 6.54 Å². The molecule has 0 atom stereocenters. The van der Waals surface area contributed by atoms with Gasteiger partial charge >= 0.3 is 0 Å². The summed E-state index contributed by atoms with van der Waals surface area (Å²) in [5.74, 6) is 2.06. The summed E-state index contributed by atoms with van der Waals surface area (Å²) in [5.41, 5.74) is 3.95. The minimum Gasteiger partial charge on any atom is -0.486 e. The van der Waals surface area contributed by atoms with Crippen molar-refractivity contribution in [2.45, 2.75) is 46.1 Å². The molecule has 4 heterocycles. The molecule has 0 unspecified atom stereocenters. The van der Waals surface area contributed by atoms with Crippen LogP contribution in [0.1, 0.15) is 38.4 Å². The molecule has 0 saturated carbocycles. The lowest BCUT2D eigenvalue weighted by molar-refractivity contribution is 0.171. The summed E-state index contributed by atoms with van der Waals surface area (Å²) in [6.45, 7) is 5.74. The third-order valence-corrected chi connectivity index (χ3v) is 6.57. The number of aryl methyl sites for hydroxylation is 1. The van der Waals surface area contributed by atoms with Crippen LogP contribution in [0.25, 0.3) is 38.9 Å². The molecule has 8 nitrogen and oxygen atoms in total. The summed E-state index contributed by atoms with van der Waals surface area (Å²) in [5, 5.41) is 0.495. The van der Waals surface area contributed by atoms with E-state index in [2.05, 4.69) is 6.92 Å². The van der Waals surface area contributed by atoms with Crippen molar-refractivity contribution in [2.75, 3.05) is 13.2 Å². The van der Waals surface area contributed by atoms with Gasteiger partial charge in [-0.2, -0.15) is 0 Å². The molecule has 0 bridgehead atoms. The number of para-hydroxylation sites is 2. The molecule has 178 valence electrons. The highest BCUT2D eigenvalue weighted by atomic mass is 16.6. The Kier molecular flexibility index (Phi) is 5.36. The van der Waals surface area contributed by atoms with Gasteiger partial charge in [0.25, 0.3) is 5.56 Å². The summed E-state index contributed by atoms with van der Waals surface area (Å²) in [6.07, 6.45) is 4.34. The quantitative estimate of drug-likeness (QED) is 0.328. The van der Waals surface area contributed by atoms with Gasteiger partial charge in [-0.1, -0.05) is 38.3 Å². The number of fused-ring (bicyclic) bond motifs is 5. The van der Waals surface area contributed by atoms with Gasteiger partial charge in [-0.25, -0.2) is 15.0 Å². The van der Waals surface area contributed by atoms with Gasteiger partial charge in [-0.3, -0.25) is 13.9 Å². The first kappa shape index (κ1) is 21.6. The largest absolute Gasteiger partial charge is 0.486 e. The number of aromatic nitrogens is 5. The van der Waals surface area contributed by atoms with E-state index < -0.39 is 0 Å². The van der Waals surface area contributed by atoms with Crippen molar-refractivity contribution < 1.29 is 9.47 Å². The molecule has 0 saturated heterocycles. The number of rotatable bonds is 6. The van der Waals surface area contributed by atoms with Gasteiger partial charge in [0.1, 0.15) is 29.9 Å². The van der Waals surface area contributed by atoms with E-state index >= 15 is 0 Å². The molecule has 0 aliphatic carbocycles. The van der Waals surface area contributed by atoms with Gasteiger partial charge in [-0.05, 0) is 37.6 Å². The lowest BCUT2D eigenvalue weighted by Crippen LogP contribution is -2.24. The molecule has 35 heavy (non-hydrogen) atoms. The Morgan fingerprint density at radius 3 is 2.46 bits per heavy atom. The van der Waals surface area contributed by atoms with Crippen LogP contribution in [0.5, 0.6) is 11.5 Å². The summed E-state index contributed by atoms with van der Waals surface area (Å²) in [6, 6.07) is 13.5. The Bertz CT molecular complexity index is 1640. The minimum atomic E-state index is -0.0742. The van der Waals surface area contributed by atoms with Gasteiger partial charge in [0, 0.05) is 12.6 Å². The molecule has 0 radical (unpaired) electrons. The fourth-order valence-electron chi connectivity index (χ4n) is 4.81. The van der Waals surface area contributed by atoms with E-state index in [1.807, 2.05) is 54.0 Å². The molecule has 8 heteroatoms. The SMILES string of the molecule is CCCCCCn1c(C)nc2c(c1=O)c1nc3ccccc3nc1n2-c1ccc2c(c1)OCCO2. The first-order valence-corrected chi connectivity index (χ1v) is 12.2. The van der Waals surface area contributed by atoms with Crippen molar-refractivity contribution in [3.63, 3.8) is 0 Å². The Morgan fingerprint density at radius 1 is 0.886 bits per heavy atom. The second-order valence-corrected chi connectivity index (χ2v) is 8.92. The fraction of sp³-hybridized carbons (Fsp3) is 0.333. The average Bonchev–Trinajstić information content (AvgIpc) is 3.19. The van der Waals surface area contributed by atoms with E-state index in [-0.39, 0.29) is 5.56 Å². The summed E-state index contributed by atoms with van der Waals surface area (Å²) in [4.78, 5) is 28.6. The maximum absolute atomic E-state index is 13.8. The van der Waals surface area contributed by atoms with Crippen molar-refractivity contribution in [3.8, 4) is 17.2 Å². The fourth-order valence-corrected chi connectivity index (χ4v) is 4.81. The van der Waals surface area contributed by atoms with Crippen LogP contribution in [0.4, 0.5) is 0 Å². The van der Waals surface area contributed by atoms with Crippen molar-refractivity contribution in [2.24, 2.45) is 0 Å². The third kappa shape index (κ3) is 3.60. The van der Waals surface area contributed by atoms with Crippen LogP contribution >= 0.6 is 0 Å². The molecule has 1 aliphatic rings. The first-order valence-electron chi connectivity index (χ1n) is 12.2. The second kappa shape index (κ2) is 8.69. The number of unbranched alkanes of at least 4 members (excludes halogenated alkanes) is 3. The molecule has 0 fully saturated rings. The Morgan fingerprint density at radius 2 is 1.66 bits per heavy atom. The lowest BCUT2D eigenvalue weighted by atomic mass is 10.2. The summed E-state index contributed by atoms with van der Waals surface area (Å²) >= 11 is 0. The molecule has 3 aromatic heterocycles. The average molecular weight is 470 g/mol. The Balaban J connectivity index is 1.64. The molecular weight excluding hydrogens is 442 g/mol. The zero-order valence-electron chi connectivity index (χ0n) is 20.0. The van der Waals surface area contributed by atoms with Crippen molar-refractivity contribution in [3.05, 3.63) is 58.6 Å². The maximum atomic E-state index is 13.8. The van der Waals surface area contributed by atoms with Crippen molar-refractivity contribution in [1.29, 1.82) is 0 Å². The molecule has 5 aromatic rings. The molecule has 0 spiro atoms. The van der Waals surface area contributed by atoms with E-state index in [9.17, 15) is 4.79 Å². The van der Waals surface area contributed by atoms with E-state index in [1.165, 1.54) is 0 Å². The van der Waals surface area contributed by atoms with Crippen LogP contribution in [0, 0.1) is 6.92 Å². The summed E-state index contributed by atoms with van der Waals surface area (Å²) in [7, 11) is 0. The van der Waals surface area contributed by atoms with E-state index in [0.29, 0.717) is 59.3 Å². The Labute approximate surface area is 202 Å². The molecular formula is C27H27N5O3. The highest BCUT2D eigenvalue weighted by molar-refractivity contribution is 6.05. The normalized spacial score (nSPS) is 13.2. The van der Waals surface area contributed by atoms with Crippen LogP contribution < -0.4 is 15.0 Å². The third-order valence-electron chi connectivity index (χ3n) is 6.57. The van der Waals surface area contributed by atoms with Gasteiger partial charge in [0.2, 0.25) is 0 Å². The topological polar surface area (TPSA) is 84.1 Å². The smallest absolute Gasteiger partial charge is 0.265 e. The predicted molar refractivity (Wildman–Crippen MR) is 136 cm³/mol. The highest BCUT2D eigenvalue weighted by Crippen LogP contribution is 2.35. The zero-order valence-corrected chi connectivity index (χ0v) is 20.0. The summed E-state index contributed by atoms with van der Waals surface area (Å²) < 4.78 is 15.2. The van der Waals surface area contributed by atoms with Crippen LogP contribution in [0.15, 0.2) is 47.3 Å². The minimum absolute atomic E-state index is 0.0742. The van der Waals surface area contributed by atoms with Gasteiger partial charge in [-0.15, -0.1) is 0 Å². The molecule has 1 aliphatic heterocycles. The van der Waals surface area contributed by atoms with Crippen molar-refractivity contribution >= 4 is 33.2 Å². The lowest BCUT2D eigenvalue weighted by Gasteiger charge is -2.19. The second-order valence-electron chi connectivity index (χ2n) is 8.92. The molecule has 0 N–H and O–H groups in total. The number of ether oxygens (including phenoxy) is 2. The van der Waals surface area contributed by atoms with Gasteiger partial charge < -0.3 is 9.47 Å². The maximum Gasteiger partial charge on any atom is 0.265 e. The molecule has 0 amide bonds. The first-order chi connectivity index (χ1) is 17.2. The van der Waals surface area contributed by atoms with Crippen LogP contribution in [-0.4, -0.2) is 37.3 Å². The standard InChI is InChI=1S/C27H27N5O3/c1-3-4-5-8-13-31-17(2)28-25-23(27(31)33)24-26(30-20-10-7-6-9-19(20)29-24)32(25)18-11-12-21-22(16-18)35-15-14-34-21/h6-7,9-12,16H,3-5,8,13-15H2,1-2H3. The number of benzene rings is 2. The van der Waals surface area contributed by atoms with Crippen LogP contribution in [0.2, 0.25) is 0 Å². The van der Waals surface area contributed by atoms with E-state index in [0.717, 1.165) is 42.4 Å². The van der Waals surface area contributed by atoms with Crippen LogP contribution in [0.3, 0.4) is 0 Å². The van der Waals surface area contributed by atoms with Crippen molar-refractivity contribution in [1.82, 2.24) is 24.1 Å². The predicted octanol–water partition coefficient (Wildman–Crippen LogP) is 4.94. The van der Waals surface area contributed by atoms with Gasteiger partial charge in [0.05, 0.1) is 16.7 Å². The molecule has 2 aromatic carbocycles. The zero-order chi connectivity index (χ0) is 23.9. The Hall–Kier alpha value is -3.94.